The monoisotopic (exact) mass is 459 g/mol. The fourth-order valence-corrected chi connectivity index (χ4v) is 4.71. The molecule has 1 aliphatic carbocycles. The third-order valence-electron chi connectivity index (χ3n) is 6.89. The Morgan fingerprint density at radius 3 is 2.21 bits per heavy atom. The maximum atomic E-state index is 13.0. The molecule has 1 saturated carbocycles. The third-order valence-corrected chi connectivity index (χ3v) is 6.89. The van der Waals surface area contributed by atoms with Crippen molar-refractivity contribution in [3.8, 4) is 0 Å². The minimum Gasteiger partial charge on any atom is -0.322 e. The summed E-state index contributed by atoms with van der Waals surface area (Å²) in [6, 6.07) is 4.92. The Bertz CT molecular complexity index is 921. The summed E-state index contributed by atoms with van der Waals surface area (Å²) in [4.78, 5) is 54.0. The highest BCUT2D eigenvalue weighted by Gasteiger charge is 2.52. The average Bonchev–Trinajstić information content (AvgIpc) is 3.01. The number of ketones is 1. The van der Waals surface area contributed by atoms with Crippen LogP contribution in [-0.4, -0.2) is 83.2 Å². The zero-order chi connectivity index (χ0) is 23.6. The summed E-state index contributed by atoms with van der Waals surface area (Å²) in [6.45, 7) is 4.77. The van der Waals surface area contributed by atoms with Gasteiger partial charge in [0.15, 0.2) is 5.78 Å². The second kappa shape index (κ2) is 9.56. The molecule has 1 spiro atoms. The van der Waals surface area contributed by atoms with E-state index >= 15 is 0 Å². The lowest BCUT2D eigenvalue weighted by Crippen LogP contribution is -2.54. The maximum absolute atomic E-state index is 13.0. The Balaban J connectivity index is 1.22. The summed E-state index contributed by atoms with van der Waals surface area (Å²) in [5.74, 6) is -0.734. The predicted molar refractivity (Wildman–Crippen MR) is 117 cm³/mol. The number of halogens is 1. The van der Waals surface area contributed by atoms with Gasteiger partial charge in [0.25, 0.3) is 11.8 Å². The molecule has 1 aromatic carbocycles. The summed E-state index contributed by atoms with van der Waals surface area (Å²) in [7, 11) is 0. The molecule has 2 aliphatic heterocycles. The fourth-order valence-electron chi connectivity index (χ4n) is 4.71. The molecule has 3 fully saturated rings. The first kappa shape index (κ1) is 23.3. The summed E-state index contributed by atoms with van der Waals surface area (Å²) in [6.07, 6.45) is 2.90. The second-order valence-corrected chi connectivity index (χ2v) is 9.35. The first-order valence-electron chi connectivity index (χ1n) is 11.5. The molecule has 33 heavy (non-hydrogen) atoms. The van der Waals surface area contributed by atoms with Crippen molar-refractivity contribution in [2.45, 2.75) is 38.1 Å². The number of rotatable bonds is 6. The first-order valence-corrected chi connectivity index (χ1v) is 11.5. The summed E-state index contributed by atoms with van der Waals surface area (Å²) >= 11 is 0. The van der Waals surface area contributed by atoms with Crippen LogP contribution in [0.1, 0.15) is 43.0 Å². The number of amides is 4. The van der Waals surface area contributed by atoms with E-state index in [0.717, 1.165) is 17.9 Å². The molecule has 2 saturated heterocycles. The SMILES string of the molecule is CC1CCC2(CC1)NC(=O)N(NC(=O)CN1CCN(CC(=O)c3ccc(F)cc3)CC1)C2=O. The van der Waals surface area contributed by atoms with Crippen LogP contribution in [0.4, 0.5) is 9.18 Å². The molecule has 0 bridgehead atoms. The number of hydrogen-bond donors (Lipinski definition) is 2. The molecule has 2 N–H and O–H groups in total. The lowest BCUT2D eigenvalue weighted by molar-refractivity contribution is -0.140. The third kappa shape index (κ3) is 5.22. The van der Waals surface area contributed by atoms with Crippen molar-refractivity contribution in [3.05, 3.63) is 35.6 Å². The van der Waals surface area contributed by atoms with E-state index in [9.17, 15) is 23.6 Å². The number of piperazine rings is 1. The summed E-state index contributed by atoms with van der Waals surface area (Å²) in [5.41, 5.74) is 2.05. The van der Waals surface area contributed by atoms with Crippen molar-refractivity contribution in [2.24, 2.45) is 5.92 Å². The van der Waals surface area contributed by atoms with Crippen LogP contribution in [-0.2, 0) is 9.59 Å². The van der Waals surface area contributed by atoms with Gasteiger partial charge in [-0.25, -0.2) is 9.18 Å². The number of carbonyl (C=O) groups is 4. The molecule has 4 rings (SSSR count). The van der Waals surface area contributed by atoms with Gasteiger partial charge in [-0.2, -0.15) is 5.01 Å². The largest absolute Gasteiger partial charge is 0.344 e. The van der Waals surface area contributed by atoms with Crippen molar-refractivity contribution >= 4 is 23.6 Å². The van der Waals surface area contributed by atoms with Crippen molar-refractivity contribution in [2.75, 3.05) is 39.3 Å². The summed E-state index contributed by atoms with van der Waals surface area (Å²) in [5, 5.41) is 3.62. The van der Waals surface area contributed by atoms with E-state index in [1.54, 1.807) is 0 Å². The molecule has 2 heterocycles. The lowest BCUT2D eigenvalue weighted by atomic mass is 9.77. The van der Waals surface area contributed by atoms with E-state index < -0.39 is 17.5 Å². The van der Waals surface area contributed by atoms with E-state index in [0.29, 0.717) is 50.5 Å². The van der Waals surface area contributed by atoms with Gasteiger partial charge in [-0.3, -0.25) is 29.6 Å². The van der Waals surface area contributed by atoms with E-state index in [-0.39, 0.29) is 30.6 Å². The normalized spacial score (nSPS) is 26.5. The van der Waals surface area contributed by atoms with E-state index in [1.165, 1.54) is 24.3 Å². The quantitative estimate of drug-likeness (QED) is 0.489. The molecule has 1 aromatic rings. The highest BCUT2D eigenvalue weighted by Crippen LogP contribution is 2.35. The van der Waals surface area contributed by atoms with Crippen LogP contribution < -0.4 is 10.7 Å². The Morgan fingerprint density at radius 2 is 1.61 bits per heavy atom. The molecule has 178 valence electrons. The number of urea groups is 1. The number of benzene rings is 1. The number of Topliss-reactive ketones (excluding diaryl/α,β-unsaturated/α-hetero) is 1. The Morgan fingerprint density at radius 1 is 1.03 bits per heavy atom. The highest BCUT2D eigenvalue weighted by molar-refractivity contribution is 6.08. The summed E-state index contributed by atoms with van der Waals surface area (Å²) < 4.78 is 13.0. The molecule has 4 amide bonds. The number of hydrazine groups is 1. The van der Waals surface area contributed by atoms with Crippen LogP contribution in [0.2, 0.25) is 0 Å². The Kier molecular flexibility index (Phi) is 6.76. The molecule has 0 aromatic heterocycles. The van der Waals surface area contributed by atoms with E-state index in [2.05, 4.69) is 17.7 Å². The van der Waals surface area contributed by atoms with Crippen molar-refractivity contribution in [1.82, 2.24) is 25.6 Å². The van der Waals surface area contributed by atoms with Gasteiger partial charge in [0.2, 0.25) is 0 Å². The van der Waals surface area contributed by atoms with Crippen molar-refractivity contribution < 1.29 is 23.6 Å². The zero-order valence-electron chi connectivity index (χ0n) is 18.8. The zero-order valence-corrected chi connectivity index (χ0v) is 18.8. The van der Waals surface area contributed by atoms with Crippen LogP contribution in [0.3, 0.4) is 0 Å². The molecular formula is C23H30FN5O4. The van der Waals surface area contributed by atoms with Gasteiger partial charge >= 0.3 is 6.03 Å². The highest BCUT2D eigenvalue weighted by atomic mass is 19.1. The van der Waals surface area contributed by atoms with Crippen molar-refractivity contribution in [1.29, 1.82) is 0 Å². The number of imide groups is 1. The fraction of sp³-hybridized carbons (Fsp3) is 0.565. The lowest BCUT2D eigenvalue weighted by Gasteiger charge is -2.34. The molecule has 0 atom stereocenters. The number of carbonyl (C=O) groups excluding carboxylic acids is 4. The first-order chi connectivity index (χ1) is 15.8. The standard InChI is InChI=1S/C23H30FN5O4/c1-16-6-8-23(9-7-16)21(32)29(22(33)25-23)26-20(31)15-28-12-10-27(11-13-28)14-19(30)17-2-4-18(24)5-3-17/h2-5,16H,6-15H2,1H3,(H,25,33)(H,26,31). The predicted octanol–water partition coefficient (Wildman–Crippen LogP) is 1.16. The van der Waals surface area contributed by atoms with E-state index in [4.69, 9.17) is 0 Å². The van der Waals surface area contributed by atoms with Crippen LogP contribution in [0.5, 0.6) is 0 Å². The topological polar surface area (TPSA) is 102 Å². The molecular weight excluding hydrogens is 429 g/mol. The van der Waals surface area contributed by atoms with Gasteiger partial charge in [-0.1, -0.05) is 6.92 Å². The smallest absolute Gasteiger partial charge is 0.322 e. The minimum absolute atomic E-state index is 0.0564. The van der Waals surface area contributed by atoms with Gasteiger partial charge in [0, 0.05) is 31.7 Å². The second-order valence-electron chi connectivity index (χ2n) is 9.35. The molecule has 0 radical (unpaired) electrons. The van der Waals surface area contributed by atoms with Gasteiger partial charge in [0.05, 0.1) is 13.1 Å². The van der Waals surface area contributed by atoms with Crippen LogP contribution in [0, 0.1) is 11.7 Å². The average molecular weight is 460 g/mol. The van der Waals surface area contributed by atoms with Gasteiger partial charge < -0.3 is 5.32 Å². The number of nitrogens with zero attached hydrogens (tertiary/aromatic N) is 3. The van der Waals surface area contributed by atoms with Crippen LogP contribution in [0.15, 0.2) is 24.3 Å². The van der Waals surface area contributed by atoms with E-state index in [1.807, 2.05) is 9.80 Å². The Labute approximate surface area is 192 Å². The minimum atomic E-state index is -0.889. The van der Waals surface area contributed by atoms with Gasteiger partial charge in [-0.05, 0) is 55.9 Å². The van der Waals surface area contributed by atoms with Gasteiger partial charge in [0.1, 0.15) is 11.4 Å². The van der Waals surface area contributed by atoms with Crippen molar-refractivity contribution in [3.63, 3.8) is 0 Å². The molecule has 9 nitrogen and oxygen atoms in total. The number of nitrogens with one attached hydrogen (secondary N) is 2. The van der Waals surface area contributed by atoms with Crippen LogP contribution >= 0.6 is 0 Å². The Hall–Kier alpha value is -2.85. The maximum Gasteiger partial charge on any atom is 0.344 e. The molecule has 0 unspecified atom stereocenters. The van der Waals surface area contributed by atoms with Gasteiger partial charge in [-0.15, -0.1) is 0 Å². The number of hydrogen-bond acceptors (Lipinski definition) is 6. The molecule has 3 aliphatic rings. The van der Waals surface area contributed by atoms with Crippen LogP contribution in [0.25, 0.3) is 0 Å². The molecule has 10 heteroatoms.